The SMILES string of the molecule is CCNC(=O)CC(C)c1noc(C)c1C. The van der Waals surface area contributed by atoms with Crippen LogP contribution in [0, 0.1) is 13.8 Å². The highest BCUT2D eigenvalue weighted by Gasteiger charge is 2.17. The lowest BCUT2D eigenvalue weighted by Crippen LogP contribution is -2.24. The Morgan fingerprint density at radius 1 is 1.53 bits per heavy atom. The summed E-state index contributed by atoms with van der Waals surface area (Å²) in [6.07, 6.45) is 0.459. The molecule has 0 radical (unpaired) electrons. The second-order valence-corrected chi connectivity index (χ2v) is 3.81. The summed E-state index contributed by atoms with van der Waals surface area (Å²) in [5, 5.41) is 6.75. The first-order chi connectivity index (χ1) is 7.06. The largest absolute Gasteiger partial charge is 0.361 e. The summed E-state index contributed by atoms with van der Waals surface area (Å²) in [4.78, 5) is 11.4. The van der Waals surface area contributed by atoms with Gasteiger partial charge >= 0.3 is 0 Å². The molecule has 0 spiro atoms. The van der Waals surface area contributed by atoms with Crippen LogP contribution in [0.4, 0.5) is 0 Å². The topological polar surface area (TPSA) is 55.1 Å². The Morgan fingerprint density at radius 2 is 2.20 bits per heavy atom. The smallest absolute Gasteiger partial charge is 0.220 e. The Kier molecular flexibility index (Phi) is 3.88. The lowest BCUT2D eigenvalue weighted by atomic mass is 9.99. The first kappa shape index (κ1) is 11.8. The van der Waals surface area contributed by atoms with Crippen LogP contribution in [0.25, 0.3) is 0 Å². The number of amides is 1. The van der Waals surface area contributed by atoms with Gasteiger partial charge in [-0.2, -0.15) is 0 Å². The van der Waals surface area contributed by atoms with Crippen molar-refractivity contribution in [3.8, 4) is 0 Å². The first-order valence-electron chi connectivity index (χ1n) is 5.25. The normalized spacial score (nSPS) is 12.5. The zero-order chi connectivity index (χ0) is 11.4. The molecular formula is C11H18N2O2. The molecule has 1 N–H and O–H groups in total. The Bertz CT molecular complexity index is 344. The van der Waals surface area contributed by atoms with E-state index in [1.54, 1.807) is 0 Å². The maximum Gasteiger partial charge on any atom is 0.220 e. The Balaban J connectivity index is 2.65. The van der Waals surface area contributed by atoms with Crippen LogP contribution in [0.5, 0.6) is 0 Å². The van der Waals surface area contributed by atoms with E-state index in [1.165, 1.54) is 0 Å². The highest BCUT2D eigenvalue weighted by molar-refractivity contribution is 5.76. The third-order valence-corrected chi connectivity index (χ3v) is 2.53. The van der Waals surface area contributed by atoms with Crippen molar-refractivity contribution in [1.29, 1.82) is 0 Å². The molecule has 1 aromatic heterocycles. The number of rotatable bonds is 4. The number of carbonyl (C=O) groups excluding carboxylic acids is 1. The lowest BCUT2D eigenvalue weighted by Gasteiger charge is -2.08. The Labute approximate surface area is 90.0 Å². The first-order valence-corrected chi connectivity index (χ1v) is 5.25. The van der Waals surface area contributed by atoms with Gasteiger partial charge in [0, 0.05) is 24.4 Å². The minimum Gasteiger partial charge on any atom is -0.361 e. The molecule has 1 amide bonds. The van der Waals surface area contributed by atoms with E-state index in [9.17, 15) is 4.79 Å². The van der Waals surface area contributed by atoms with Crippen LogP contribution in [-0.4, -0.2) is 17.6 Å². The fourth-order valence-electron chi connectivity index (χ4n) is 1.54. The van der Waals surface area contributed by atoms with Crippen LogP contribution < -0.4 is 5.32 Å². The molecule has 0 bridgehead atoms. The summed E-state index contributed by atoms with van der Waals surface area (Å²) in [6.45, 7) is 8.41. The molecule has 1 atom stereocenters. The monoisotopic (exact) mass is 210 g/mol. The number of aromatic nitrogens is 1. The molecule has 15 heavy (non-hydrogen) atoms. The maximum atomic E-state index is 11.4. The van der Waals surface area contributed by atoms with Crippen molar-refractivity contribution in [3.05, 3.63) is 17.0 Å². The number of aryl methyl sites for hydroxylation is 1. The van der Waals surface area contributed by atoms with Crippen molar-refractivity contribution in [1.82, 2.24) is 10.5 Å². The van der Waals surface area contributed by atoms with E-state index in [0.29, 0.717) is 13.0 Å². The minimum absolute atomic E-state index is 0.0602. The Hall–Kier alpha value is -1.32. The van der Waals surface area contributed by atoms with E-state index >= 15 is 0 Å². The van der Waals surface area contributed by atoms with Crippen molar-refractivity contribution in [3.63, 3.8) is 0 Å². The molecule has 0 saturated carbocycles. The standard InChI is InChI=1S/C11H18N2O2/c1-5-12-10(14)6-7(2)11-8(3)9(4)15-13-11/h7H,5-6H2,1-4H3,(H,12,14). The number of nitrogens with zero attached hydrogens (tertiary/aromatic N) is 1. The molecule has 4 heteroatoms. The summed E-state index contributed by atoms with van der Waals surface area (Å²) in [5.41, 5.74) is 1.94. The van der Waals surface area contributed by atoms with E-state index < -0.39 is 0 Å². The third kappa shape index (κ3) is 2.81. The van der Waals surface area contributed by atoms with Crippen molar-refractivity contribution < 1.29 is 9.32 Å². The molecule has 1 aromatic rings. The van der Waals surface area contributed by atoms with E-state index in [-0.39, 0.29) is 11.8 Å². The second-order valence-electron chi connectivity index (χ2n) is 3.81. The average molecular weight is 210 g/mol. The van der Waals surface area contributed by atoms with Gasteiger partial charge in [-0.05, 0) is 20.8 Å². The fraction of sp³-hybridized carbons (Fsp3) is 0.636. The molecule has 1 unspecified atom stereocenters. The van der Waals surface area contributed by atoms with Crippen LogP contribution in [0.2, 0.25) is 0 Å². The average Bonchev–Trinajstić information content (AvgIpc) is 2.48. The van der Waals surface area contributed by atoms with Gasteiger partial charge in [-0.1, -0.05) is 12.1 Å². The van der Waals surface area contributed by atoms with E-state index in [2.05, 4.69) is 10.5 Å². The van der Waals surface area contributed by atoms with Gasteiger partial charge in [-0.15, -0.1) is 0 Å². The summed E-state index contributed by atoms with van der Waals surface area (Å²) < 4.78 is 5.08. The molecule has 0 fully saturated rings. The van der Waals surface area contributed by atoms with Crippen LogP contribution in [0.15, 0.2) is 4.52 Å². The molecule has 1 rings (SSSR count). The molecule has 0 aliphatic carbocycles. The lowest BCUT2D eigenvalue weighted by molar-refractivity contribution is -0.121. The quantitative estimate of drug-likeness (QED) is 0.826. The molecular weight excluding hydrogens is 192 g/mol. The predicted octanol–water partition coefficient (Wildman–Crippen LogP) is 1.92. The van der Waals surface area contributed by atoms with Gasteiger partial charge < -0.3 is 9.84 Å². The van der Waals surface area contributed by atoms with Crippen LogP contribution >= 0.6 is 0 Å². The summed E-state index contributed by atoms with van der Waals surface area (Å²) >= 11 is 0. The number of hydrogen-bond acceptors (Lipinski definition) is 3. The molecule has 0 aliphatic rings. The fourth-order valence-corrected chi connectivity index (χ4v) is 1.54. The molecule has 1 heterocycles. The summed E-state index contributed by atoms with van der Waals surface area (Å²) in [5.74, 6) is 0.992. The molecule has 4 nitrogen and oxygen atoms in total. The number of carbonyl (C=O) groups is 1. The van der Waals surface area contributed by atoms with Gasteiger partial charge in [0.25, 0.3) is 0 Å². The van der Waals surface area contributed by atoms with Gasteiger partial charge in [0.05, 0.1) is 5.69 Å². The van der Waals surface area contributed by atoms with E-state index in [1.807, 2.05) is 27.7 Å². The van der Waals surface area contributed by atoms with Gasteiger partial charge in [-0.25, -0.2) is 0 Å². The minimum atomic E-state index is 0.0602. The van der Waals surface area contributed by atoms with Crippen LogP contribution in [0.1, 0.15) is 43.2 Å². The zero-order valence-electron chi connectivity index (χ0n) is 9.76. The number of hydrogen-bond donors (Lipinski definition) is 1. The van der Waals surface area contributed by atoms with Crippen molar-refractivity contribution >= 4 is 5.91 Å². The summed E-state index contributed by atoms with van der Waals surface area (Å²) in [6, 6.07) is 0. The van der Waals surface area contributed by atoms with Crippen LogP contribution in [-0.2, 0) is 4.79 Å². The zero-order valence-corrected chi connectivity index (χ0v) is 9.76. The van der Waals surface area contributed by atoms with Gasteiger partial charge in [0.1, 0.15) is 5.76 Å². The molecule has 0 aliphatic heterocycles. The highest BCUT2D eigenvalue weighted by Crippen LogP contribution is 2.23. The highest BCUT2D eigenvalue weighted by atomic mass is 16.5. The van der Waals surface area contributed by atoms with Gasteiger partial charge in [-0.3, -0.25) is 4.79 Å². The van der Waals surface area contributed by atoms with Gasteiger partial charge in [0.15, 0.2) is 0 Å². The molecule has 0 aromatic carbocycles. The van der Waals surface area contributed by atoms with Crippen LogP contribution in [0.3, 0.4) is 0 Å². The van der Waals surface area contributed by atoms with Crippen molar-refractivity contribution in [2.75, 3.05) is 6.54 Å². The van der Waals surface area contributed by atoms with E-state index in [4.69, 9.17) is 4.52 Å². The summed E-state index contributed by atoms with van der Waals surface area (Å²) in [7, 11) is 0. The van der Waals surface area contributed by atoms with E-state index in [0.717, 1.165) is 17.0 Å². The number of nitrogens with one attached hydrogen (secondary N) is 1. The van der Waals surface area contributed by atoms with Gasteiger partial charge in [0.2, 0.25) is 5.91 Å². The van der Waals surface area contributed by atoms with Crippen molar-refractivity contribution in [2.24, 2.45) is 0 Å². The molecule has 0 saturated heterocycles. The Morgan fingerprint density at radius 3 is 2.67 bits per heavy atom. The maximum absolute atomic E-state index is 11.4. The van der Waals surface area contributed by atoms with Crippen molar-refractivity contribution in [2.45, 2.75) is 40.0 Å². The predicted molar refractivity (Wildman–Crippen MR) is 57.7 cm³/mol. The third-order valence-electron chi connectivity index (χ3n) is 2.53. The second kappa shape index (κ2) is 4.96. The molecule has 84 valence electrons.